The SMILES string of the molecule is CCCCCC=Cn1cc[n+](CC)c1. The Morgan fingerprint density at radius 1 is 1.29 bits per heavy atom. The summed E-state index contributed by atoms with van der Waals surface area (Å²) in [4.78, 5) is 0. The lowest BCUT2D eigenvalue weighted by molar-refractivity contribution is -0.692. The largest absolute Gasteiger partial charge is 0.248 e. The van der Waals surface area contributed by atoms with Crippen LogP contribution in [0.15, 0.2) is 24.8 Å². The highest BCUT2D eigenvalue weighted by atomic mass is 15.1. The molecule has 2 heteroatoms. The van der Waals surface area contributed by atoms with Gasteiger partial charge in [0.1, 0.15) is 12.4 Å². The fourth-order valence-corrected chi connectivity index (χ4v) is 1.39. The van der Waals surface area contributed by atoms with Gasteiger partial charge in [-0.05, 0) is 25.8 Å². The first kappa shape index (κ1) is 11.0. The Bertz CT molecular complexity index is 274. The monoisotopic (exact) mass is 193 g/mol. The van der Waals surface area contributed by atoms with Crippen molar-refractivity contribution in [3.05, 3.63) is 24.8 Å². The van der Waals surface area contributed by atoms with E-state index in [2.05, 4.69) is 54.0 Å². The molecule has 0 aliphatic rings. The van der Waals surface area contributed by atoms with E-state index in [4.69, 9.17) is 0 Å². The van der Waals surface area contributed by atoms with Gasteiger partial charge in [-0.1, -0.05) is 19.8 Å². The second-order valence-electron chi connectivity index (χ2n) is 3.57. The van der Waals surface area contributed by atoms with Gasteiger partial charge in [-0.25, -0.2) is 9.13 Å². The maximum atomic E-state index is 2.25. The number of nitrogens with zero attached hydrogens (tertiary/aromatic N) is 2. The van der Waals surface area contributed by atoms with Crippen LogP contribution in [0.25, 0.3) is 6.20 Å². The van der Waals surface area contributed by atoms with Crippen molar-refractivity contribution in [1.29, 1.82) is 0 Å². The Labute approximate surface area is 86.9 Å². The minimum absolute atomic E-state index is 1.04. The molecule has 0 aliphatic heterocycles. The summed E-state index contributed by atoms with van der Waals surface area (Å²) in [6.45, 7) is 5.42. The molecule has 1 rings (SSSR count). The highest BCUT2D eigenvalue weighted by molar-refractivity contribution is 5.19. The van der Waals surface area contributed by atoms with Gasteiger partial charge in [0.15, 0.2) is 0 Å². The third-order valence-electron chi connectivity index (χ3n) is 2.33. The number of unbranched alkanes of at least 4 members (excludes halogenated alkanes) is 3. The number of aryl methyl sites for hydroxylation is 1. The summed E-state index contributed by atoms with van der Waals surface area (Å²) in [5.41, 5.74) is 0. The highest BCUT2D eigenvalue weighted by Gasteiger charge is 1.96. The smallest absolute Gasteiger partial charge is 0.237 e. The molecule has 0 saturated heterocycles. The van der Waals surface area contributed by atoms with Crippen LogP contribution in [0.3, 0.4) is 0 Å². The molecule has 14 heavy (non-hydrogen) atoms. The van der Waals surface area contributed by atoms with Crippen molar-refractivity contribution >= 4 is 6.20 Å². The third-order valence-corrected chi connectivity index (χ3v) is 2.33. The second kappa shape index (κ2) is 6.41. The van der Waals surface area contributed by atoms with Crippen molar-refractivity contribution in [1.82, 2.24) is 4.57 Å². The van der Waals surface area contributed by atoms with Crippen LogP contribution >= 0.6 is 0 Å². The number of rotatable bonds is 6. The average Bonchev–Trinajstić information content (AvgIpc) is 2.65. The molecule has 78 valence electrons. The molecule has 0 aliphatic carbocycles. The van der Waals surface area contributed by atoms with Gasteiger partial charge < -0.3 is 0 Å². The van der Waals surface area contributed by atoms with Crippen molar-refractivity contribution < 1.29 is 4.57 Å². The number of imidazole rings is 1. The van der Waals surface area contributed by atoms with Gasteiger partial charge in [0.25, 0.3) is 0 Å². The zero-order valence-corrected chi connectivity index (χ0v) is 9.32. The van der Waals surface area contributed by atoms with E-state index in [1.54, 1.807) is 0 Å². The zero-order chi connectivity index (χ0) is 10.2. The van der Waals surface area contributed by atoms with Crippen LogP contribution in [-0.4, -0.2) is 4.57 Å². The fourth-order valence-electron chi connectivity index (χ4n) is 1.39. The summed E-state index contributed by atoms with van der Waals surface area (Å²) in [5.74, 6) is 0. The van der Waals surface area contributed by atoms with E-state index in [0.29, 0.717) is 0 Å². The Morgan fingerprint density at radius 3 is 2.79 bits per heavy atom. The lowest BCUT2D eigenvalue weighted by Crippen LogP contribution is -2.28. The molecule has 0 fully saturated rings. The molecule has 0 aromatic carbocycles. The third kappa shape index (κ3) is 3.77. The second-order valence-corrected chi connectivity index (χ2v) is 3.57. The normalized spacial score (nSPS) is 11.3. The van der Waals surface area contributed by atoms with Crippen LogP contribution in [0, 0.1) is 0 Å². The Morgan fingerprint density at radius 2 is 2.14 bits per heavy atom. The molecule has 0 radical (unpaired) electrons. The fraction of sp³-hybridized carbons (Fsp3) is 0.583. The first-order valence-electron chi connectivity index (χ1n) is 5.60. The van der Waals surface area contributed by atoms with Gasteiger partial charge >= 0.3 is 0 Å². The van der Waals surface area contributed by atoms with E-state index < -0.39 is 0 Å². The molecular weight excluding hydrogens is 172 g/mol. The van der Waals surface area contributed by atoms with Gasteiger partial charge in [0, 0.05) is 0 Å². The first-order valence-corrected chi connectivity index (χ1v) is 5.60. The predicted molar refractivity (Wildman–Crippen MR) is 59.8 cm³/mol. The van der Waals surface area contributed by atoms with Crippen molar-refractivity contribution in [2.75, 3.05) is 0 Å². The summed E-state index contributed by atoms with van der Waals surface area (Å²) >= 11 is 0. The van der Waals surface area contributed by atoms with Crippen LogP contribution in [0.2, 0.25) is 0 Å². The van der Waals surface area contributed by atoms with Crippen LogP contribution in [0.1, 0.15) is 39.5 Å². The molecule has 1 aromatic heterocycles. The molecule has 0 spiro atoms. The number of aromatic nitrogens is 2. The minimum atomic E-state index is 1.04. The van der Waals surface area contributed by atoms with Gasteiger partial charge in [-0.2, -0.15) is 0 Å². The average molecular weight is 193 g/mol. The highest BCUT2D eigenvalue weighted by Crippen LogP contribution is 2.00. The molecule has 2 nitrogen and oxygen atoms in total. The lowest BCUT2D eigenvalue weighted by Gasteiger charge is -1.90. The van der Waals surface area contributed by atoms with Gasteiger partial charge in [-0.15, -0.1) is 0 Å². The molecule has 1 heterocycles. The number of hydrogen-bond acceptors (Lipinski definition) is 0. The van der Waals surface area contributed by atoms with Gasteiger partial charge in [0.05, 0.1) is 12.7 Å². The summed E-state index contributed by atoms with van der Waals surface area (Å²) in [5, 5.41) is 0. The summed E-state index contributed by atoms with van der Waals surface area (Å²) in [6.07, 6.45) is 15.8. The van der Waals surface area contributed by atoms with Crippen LogP contribution in [-0.2, 0) is 6.54 Å². The molecule has 0 atom stereocenters. The Hall–Kier alpha value is -1.05. The predicted octanol–water partition coefficient (Wildman–Crippen LogP) is 2.85. The molecule has 0 bridgehead atoms. The number of allylic oxidation sites excluding steroid dienone is 1. The van der Waals surface area contributed by atoms with Crippen molar-refractivity contribution in [2.45, 2.75) is 46.1 Å². The quantitative estimate of drug-likeness (QED) is 0.485. The summed E-state index contributed by atoms with van der Waals surface area (Å²) in [6, 6.07) is 0. The first-order chi connectivity index (χ1) is 6.86. The lowest BCUT2D eigenvalue weighted by atomic mass is 10.2. The van der Waals surface area contributed by atoms with Gasteiger partial charge in [0.2, 0.25) is 6.33 Å². The molecule has 0 saturated carbocycles. The van der Waals surface area contributed by atoms with Crippen molar-refractivity contribution in [2.24, 2.45) is 0 Å². The number of hydrogen-bond donors (Lipinski definition) is 0. The molecule has 1 aromatic rings. The Balaban J connectivity index is 2.28. The minimum Gasteiger partial charge on any atom is -0.237 e. The van der Waals surface area contributed by atoms with Crippen LogP contribution in [0.4, 0.5) is 0 Å². The van der Waals surface area contributed by atoms with E-state index in [1.807, 2.05) is 0 Å². The standard InChI is InChI=1S/C12H21N2/c1-3-5-6-7-8-9-14-11-10-13(4-2)12-14/h8-12H,3-7H2,1-2H3/q+1. The van der Waals surface area contributed by atoms with E-state index in [0.717, 1.165) is 6.54 Å². The summed E-state index contributed by atoms with van der Waals surface area (Å²) < 4.78 is 4.27. The molecule has 0 N–H and O–H groups in total. The maximum absolute atomic E-state index is 2.25. The molecule has 0 amide bonds. The Kier molecular flexibility index (Phi) is 5.05. The van der Waals surface area contributed by atoms with E-state index in [1.165, 1.54) is 25.7 Å². The topological polar surface area (TPSA) is 8.81 Å². The van der Waals surface area contributed by atoms with Crippen molar-refractivity contribution in [3.8, 4) is 0 Å². The van der Waals surface area contributed by atoms with Crippen LogP contribution in [0.5, 0.6) is 0 Å². The molecular formula is C12H21N2+. The maximum Gasteiger partial charge on any atom is 0.248 e. The molecule has 0 unspecified atom stereocenters. The van der Waals surface area contributed by atoms with Crippen LogP contribution < -0.4 is 4.57 Å². The van der Waals surface area contributed by atoms with E-state index in [9.17, 15) is 0 Å². The van der Waals surface area contributed by atoms with Crippen molar-refractivity contribution in [3.63, 3.8) is 0 Å². The van der Waals surface area contributed by atoms with E-state index >= 15 is 0 Å². The van der Waals surface area contributed by atoms with E-state index in [-0.39, 0.29) is 0 Å². The zero-order valence-electron chi connectivity index (χ0n) is 9.32. The van der Waals surface area contributed by atoms with Gasteiger partial charge in [-0.3, -0.25) is 0 Å². The summed E-state index contributed by atoms with van der Waals surface area (Å²) in [7, 11) is 0.